The molecular weight excluding hydrogens is 190 g/mol. The SMILES string of the molecule is COC(=O)[C@@H](NCl)C1CCCCC1. The zero-order valence-electron chi connectivity index (χ0n) is 7.88. The standard InChI is InChI=1S/C9H16ClNO2/c1-13-9(12)8(11-10)7-5-3-2-4-6-7/h7-8,11H,2-6H2,1H3/t8-/m0/s1. The van der Waals surface area contributed by atoms with E-state index in [1.807, 2.05) is 0 Å². The molecule has 1 atom stereocenters. The number of nitrogens with one attached hydrogen (secondary N) is 1. The van der Waals surface area contributed by atoms with Gasteiger partial charge in [-0.25, -0.2) is 4.84 Å². The van der Waals surface area contributed by atoms with Gasteiger partial charge in [0.15, 0.2) is 0 Å². The van der Waals surface area contributed by atoms with E-state index in [0.29, 0.717) is 5.92 Å². The van der Waals surface area contributed by atoms with Crippen LogP contribution in [0.1, 0.15) is 32.1 Å². The lowest BCUT2D eigenvalue weighted by Crippen LogP contribution is -2.40. The molecule has 1 rings (SSSR count). The van der Waals surface area contributed by atoms with Gasteiger partial charge in [-0.05, 0) is 30.5 Å². The molecule has 4 heteroatoms. The summed E-state index contributed by atoms with van der Waals surface area (Å²) in [7, 11) is 1.40. The van der Waals surface area contributed by atoms with Crippen molar-refractivity contribution < 1.29 is 9.53 Å². The topological polar surface area (TPSA) is 38.3 Å². The summed E-state index contributed by atoms with van der Waals surface area (Å²) in [5.74, 6) is 0.0978. The molecule has 0 amide bonds. The number of carbonyl (C=O) groups is 1. The minimum absolute atomic E-state index is 0.248. The Bertz CT molecular complexity index is 169. The van der Waals surface area contributed by atoms with Crippen LogP contribution in [-0.4, -0.2) is 19.1 Å². The Morgan fingerprint density at radius 2 is 2.08 bits per heavy atom. The first-order chi connectivity index (χ1) is 6.29. The van der Waals surface area contributed by atoms with E-state index >= 15 is 0 Å². The van der Waals surface area contributed by atoms with Crippen LogP contribution in [0.2, 0.25) is 0 Å². The van der Waals surface area contributed by atoms with Crippen molar-refractivity contribution in [2.45, 2.75) is 38.1 Å². The highest BCUT2D eigenvalue weighted by Gasteiger charge is 2.29. The molecule has 0 aromatic carbocycles. The molecule has 1 fully saturated rings. The lowest BCUT2D eigenvalue weighted by atomic mass is 9.84. The van der Waals surface area contributed by atoms with E-state index < -0.39 is 0 Å². The maximum absolute atomic E-state index is 11.3. The van der Waals surface area contributed by atoms with Crippen LogP contribution in [0.15, 0.2) is 0 Å². The molecule has 0 aliphatic heterocycles. The van der Waals surface area contributed by atoms with E-state index in [1.54, 1.807) is 0 Å². The van der Waals surface area contributed by atoms with E-state index in [2.05, 4.69) is 9.57 Å². The fourth-order valence-electron chi connectivity index (χ4n) is 1.92. The van der Waals surface area contributed by atoms with Gasteiger partial charge in [0.25, 0.3) is 0 Å². The first-order valence-electron chi connectivity index (χ1n) is 4.73. The predicted molar refractivity (Wildman–Crippen MR) is 51.4 cm³/mol. The van der Waals surface area contributed by atoms with Crippen molar-refractivity contribution in [3.63, 3.8) is 0 Å². The van der Waals surface area contributed by atoms with Gasteiger partial charge in [0.05, 0.1) is 7.11 Å². The first kappa shape index (κ1) is 10.8. The Balaban J connectivity index is 2.48. The van der Waals surface area contributed by atoms with Gasteiger partial charge in [0.1, 0.15) is 6.04 Å². The molecule has 13 heavy (non-hydrogen) atoms. The van der Waals surface area contributed by atoms with E-state index in [4.69, 9.17) is 11.8 Å². The second-order valence-corrected chi connectivity index (χ2v) is 3.73. The molecule has 0 heterocycles. The number of methoxy groups -OCH3 is 1. The maximum atomic E-state index is 11.3. The summed E-state index contributed by atoms with van der Waals surface area (Å²) in [6.45, 7) is 0. The van der Waals surface area contributed by atoms with Gasteiger partial charge in [0.2, 0.25) is 0 Å². The van der Waals surface area contributed by atoms with E-state index in [9.17, 15) is 4.79 Å². The number of esters is 1. The molecule has 0 saturated heterocycles. The van der Waals surface area contributed by atoms with Crippen molar-refractivity contribution in [3.05, 3.63) is 0 Å². The molecule has 0 unspecified atom stereocenters. The van der Waals surface area contributed by atoms with Crippen molar-refractivity contribution in [3.8, 4) is 0 Å². The molecule has 0 aromatic rings. The predicted octanol–water partition coefficient (Wildman–Crippen LogP) is 1.85. The zero-order chi connectivity index (χ0) is 9.68. The van der Waals surface area contributed by atoms with Gasteiger partial charge in [0, 0.05) is 0 Å². The molecule has 0 radical (unpaired) electrons. The number of ether oxygens (including phenoxy) is 1. The quantitative estimate of drug-likeness (QED) is 0.565. The molecule has 1 aliphatic rings. The van der Waals surface area contributed by atoms with Crippen molar-refractivity contribution in [2.75, 3.05) is 7.11 Å². The largest absolute Gasteiger partial charge is 0.468 e. The fraction of sp³-hybridized carbons (Fsp3) is 0.889. The summed E-state index contributed by atoms with van der Waals surface area (Å²) in [5.41, 5.74) is 0. The lowest BCUT2D eigenvalue weighted by Gasteiger charge is -2.26. The third kappa shape index (κ3) is 2.85. The first-order valence-corrected chi connectivity index (χ1v) is 5.11. The van der Waals surface area contributed by atoms with Crippen LogP contribution in [0.5, 0.6) is 0 Å². The van der Waals surface area contributed by atoms with Crippen LogP contribution in [0, 0.1) is 5.92 Å². The molecular formula is C9H16ClNO2. The summed E-state index contributed by atoms with van der Waals surface area (Å²) in [4.78, 5) is 13.8. The minimum Gasteiger partial charge on any atom is -0.468 e. The van der Waals surface area contributed by atoms with Crippen LogP contribution >= 0.6 is 11.8 Å². The van der Waals surface area contributed by atoms with Gasteiger partial charge in [-0.1, -0.05) is 19.3 Å². The van der Waals surface area contributed by atoms with E-state index in [-0.39, 0.29) is 12.0 Å². The van der Waals surface area contributed by atoms with Gasteiger partial charge < -0.3 is 4.74 Å². The smallest absolute Gasteiger partial charge is 0.324 e. The number of rotatable bonds is 3. The van der Waals surface area contributed by atoms with Crippen molar-refractivity contribution in [2.24, 2.45) is 5.92 Å². The average molecular weight is 206 g/mol. The highest BCUT2D eigenvalue weighted by atomic mass is 35.5. The number of halogens is 1. The molecule has 3 nitrogen and oxygen atoms in total. The van der Waals surface area contributed by atoms with Crippen molar-refractivity contribution >= 4 is 17.7 Å². The highest BCUT2D eigenvalue weighted by Crippen LogP contribution is 2.27. The van der Waals surface area contributed by atoms with E-state index in [0.717, 1.165) is 12.8 Å². The number of hydrogen-bond donors (Lipinski definition) is 1. The van der Waals surface area contributed by atoms with Crippen molar-refractivity contribution in [1.29, 1.82) is 0 Å². The summed E-state index contributed by atoms with van der Waals surface area (Å²) in [5, 5.41) is 0. The maximum Gasteiger partial charge on any atom is 0.324 e. The summed E-state index contributed by atoms with van der Waals surface area (Å²) in [6, 6.07) is -0.327. The Morgan fingerprint density at radius 3 is 2.54 bits per heavy atom. The van der Waals surface area contributed by atoms with Crippen LogP contribution in [0.4, 0.5) is 0 Å². The third-order valence-electron chi connectivity index (χ3n) is 2.69. The average Bonchev–Trinajstić information content (AvgIpc) is 2.20. The lowest BCUT2D eigenvalue weighted by molar-refractivity contribution is -0.144. The summed E-state index contributed by atoms with van der Waals surface area (Å²) in [6.07, 6.45) is 5.79. The van der Waals surface area contributed by atoms with Crippen LogP contribution < -0.4 is 4.84 Å². The Morgan fingerprint density at radius 1 is 1.46 bits per heavy atom. The Kier molecular flexibility index (Phi) is 4.53. The normalized spacial score (nSPS) is 21.1. The molecule has 1 N–H and O–H groups in total. The second-order valence-electron chi connectivity index (χ2n) is 3.51. The minimum atomic E-state index is -0.327. The van der Waals surface area contributed by atoms with Gasteiger partial charge in [-0.15, -0.1) is 0 Å². The van der Waals surface area contributed by atoms with Crippen LogP contribution in [0.3, 0.4) is 0 Å². The number of hydrogen-bond acceptors (Lipinski definition) is 3. The van der Waals surface area contributed by atoms with Crippen LogP contribution in [-0.2, 0) is 9.53 Å². The second kappa shape index (κ2) is 5.45. The van der Waals surface area contributed by atoms with E-state index in [1.165, 1.54) is 26.4 Å². The highest BCUT2D eigenvalue weighted by molar-refractivity contribution is 6.14. The Labute approximate surface area is 83.9 Å². The summed E-state index contributed by atoms with van der Waals surface area (Å²) >= 11 is 5.52. The monoisotopic (exact) mass is 205 g/mol. The fourth-order valence-corrected chi connectivity index (χ4v) is 2.19. The molecule has 1 aliphatic carbocycles. The van der Waals surface area contributed by atoms with Gasteiger partial charge in [-0.2, -0.15) is 0 Å². The Hall–Kier alpha value is -0.280. The zero-order valence-corrected chi connectivity index (χ0v) is 8.64. The molecule has 76 valence electrons. The van der Waals surface area contributed by atoms with Gasteiger partial charge in [-0.3, -0.25) is 4.79 Å². The molecule has 0 spiro atoms. The number of carbonyl (C=O) groups excluding carboxylic acids is 1. The molecule has 1 saturated carbocycles. The van der Waals surface area contributed by atoms with Gasteiger partial charge >= 0.3 is 5.97 Å². The van der Waals surface area contributed by atoms with Crippen LogP contribution in [0.25, 0.3) is 0 Å². The molecule has 0 bridgehead atoms. The summed E-state index contributed by atoms with van der Waals surface area (Å²) < 4.78 is 4.67. The van der Waals surface area contributed by atoms with Crippen molar-refractivity contribution in [1.82, 2.24) is 4.84 Å². The molecule has 0 aromatic heterocycles. The third-order valence-corrected chi connectivity index (χ3v) is 2.93.